The van der Waals surface area contributed by atoms with Gasteiger partial charge < -0.3 is 10.0 Å². The van der Waals surface area contributed by atoms with Gasteiger partial charge in [0.2, 0.25) is 0 Å². The summed E-state index contributed by atoms with van der Waals surface area (Å²) in [4.78, 5) is 14.0. The topological polar surface area (TPSA) is 58.4 Å². The number of alkyl halides is 2. The van der Waals surface area contributed by atoms with E-state index < -0.39 is 6.55 Å². The second kappa shape index (κ2) is 7.09. The number of hydrogen-bond acceptors (Lipinski definition) is 3. The van der Waals surface area contributed by atoms with Crippen molar-refractivity contribution < 1.29 is 18.7 Å². The van der Waals surface area contributed by atoms with E-state index in [0.29, 0.717) is 23.7 Å². The van der Waals surface area contributed by atoms with E-state index >= 15 is 0 Å². The van der Waals surface area contributed by atoms with Gasteiger partial charge in [0, 0.05) is 19.3 Å². The molecule has 5 nitrogen and oxygen atoms in total. The average molecular weight is 335 g/mol. The summed E-state index contributed by atoms with van der Waals surface area (Å²) in [5.41, 5.74) is 2.09. The van der Waals surface area contributed by atoms with E-state index in [-0.39, 0.29) is 18.2 Å². The Bertz CT molecular complexity index is 700. The molecule has 0 aliphatic carbocycles. The lowest BCUT2D eigenvalue weighted by molar-refractivity contribution is 0.0553. The number of carbonyl (C=O) groups is 1. The Morgan fingerprint density at radius 2 is 1.96 bits per heavy atom. The first-order chi connectivity index (χ1) is 11.6. The molecule has 0 bridgehead atoms. The predicted molar refractivity (Wildman–Crippen MR) is 83.6 cm³/mol. The van der Waals surface area contributed by atoms with Crippen LogP contribution in [0, 0.1) is 5.92 Å². The van der Waals surface area contributed by atoms with Crippen LogP contribution in [-0.4, -0.2) is 38.8 Å². The van der Waals surface area contributed by atoms with Crippen molar-refractivity contribution in [3.8, 4) is 0 Å². The van der Waals surface area contributed by atoms with E-state index in [1.54, 1.807) is 4.90 Å². The van der Waals surface area contributed by atoms with E-state index in [1.807, 2.05) is 24.3 Å². The van der Waals surface area contributed by atoms with Crippen LogP contribution in [0.1, 0.15) is 34.6 Å². The second-order valence-electron chi connectivity index (χ2n) is 6.04. The van der Waals surface area contributed by atoms with E-state index in [0.717, 1.165) is 30.2 Å². The minimum Gasteiger partial charge on any atom is -0.392 e. The van der Waals surface area contributed by atoms with Gasteiger partial charge in [-0.1, -0.05) is 24.3 Å². The number of aliphatic hydroxyl groups is 1. The highest BCUT2D eigenvalue weighted by molar-refractivity contribution is 5.92. The Morgan fingerprint density at radius 1 is 1.25 bits per heavy atom. The molecule has 24 heavy (non-hydrogen) atoms. The van der Waals surface area contributed by atoms with Crippen molar-refractivity contribution in [3.05, 3.63) is 53.3 Å². The maximum absolute atomic E-state index is 12.5. The number of carbonyl (C=O) groups excluding carboxylic acids is 1. The van der Waals surface area contributed by atoms with Gasteiger partial charge >= 0.3 is 6.55 Å². The Hall–Kier alpha value is -2.28. The van der Waals surface area contributed by atoms with Gasteiger partial charge in [0.25, 0.3) is 5.91 Å². The molecule has 1 aliphatic rings. The van der Waals surface area contributed by atoms with Crippen LogP contribution < -0.4 is 0 Å². The summed E-state index contributed by atoms with van der Waals surface area (Å²) in [6.45, 7) is -1.50. The average Bonchev–Trinajstić information content (AvgIpc) is 3.24. The van der Waals surface area contributed by atoms with Crippen LogP contribution in [0.15, 0.2) is 36.5 Å². The van der Waals surface area contributed by atoms with Crippen molar-refractivity contribution in [2.45, 2.75) is 26.0 Å². The smallest absolute Gasteiger partial charge is 0.333 e. The molecule has 2 aromatic rings. The first kappa shape index (κ1) is 16.6. The second-order valence-corrected chi connectivity index (χ2v) is 6.04. The molecular formula is C17H19F2N3O2. The van der Waals surface area contributed by atoms with Gasteiger partial charge in [0.15, 0.2) is 5.69 Å². The highest BCUT2D eigenvalue weighted by atomic mass is 19.3. The van der Waals surface area contributed by atoms with Gasteiger partial charge in [-0.25, -0.2) is 4.68 Å². The molecule has 2 heterocycles. The van der Waals surface area contributed by atoms with Crippen LogP contribution in [0.3, 0.4) is 0 Å². The van der Waals surface area contributed by atoms with Crippen LogP contribution >= 0.6 is 0 Å². The molecule has 0 radical (unpaired) electrons. The zero-order valence-electron chi connectivity index (χ0n) is 13.1. The van der Waals surface area contributed by atoms with Crippen molar-refractivity contribution in [2.75, 3.05) is 13.1 Å². The number of benzene rings is 1. The van der Waals surface area contributed by atoms with Gasteiger partial charge in [-0.2, -0.15) is 13.9 Å². The maximum atomic E-state index is 12.5. The molecule has 3 rings (SSSR count). The minimum absolute atomic E-state index is 0.0251. The molecule has 1 aliphatic heterocycles. The van der Waals surface area contributed by atoms with Gasteiger partial charge in [-0.3, -0.25) is 4.79 Å². The van der Waals surface area contributed by atoms with Crippen LogP contribution in [0.2, 0.25) is 0 Å². The van der Waals surface area contributed by atoms with Crippen molar-refractivity contribution in [2.24, 2.45) is 5.92 Å². The summed E-state index contributed by atoms with van der Waals surface area (Å²) in [6.07, 6.45) is 2.85. The number of likely N-dealkylation sites (tertiary alicyclic amines) is 1. The largest absolute Gasteiger partial charge is 0.392 e. The van der Waals surface area contributed by atoms with Crippen molar-refractivity contribution >= 4 is 5.91 Å². The predicted octanol–water partition coefficient (Wildman–Crippen LogP) is 2.48. The summed E-state index contributed by atoms with van der Waals surface area (Å²) < 4.78 is 25.6. The van der Waals surface area contributed by atoms with E-state index in [9.17, 15) is 13.6 Å². The summed E-state index contributed by atoms with van der Waals surface area (Å²) in [6, 6.07) is 9.09. The van der Waals surface area contributed by atoms with Crippen molar-refractivity contribution in [3.63, 3.8) is 0 Å². The monoisotopic (exact) mass is 335 g/mol. The third-order valence-electron chi connectivity index (χ3n) is 4.33. The molecule has 1 saturated heterocycles. The molecule has 1 aromatic heterocycles. The van der Waals surface area contributed by atoms with E-state index in [4.69, 9.17) is 5.11 Å². The zero-order valence-corrected chi connectivity index (χ0v) is 13.1. The highest BCUT2D eigenvalue weighted by Gasteiger charge is 2.28. The van der Waals surface area contributed by atoms with Crippen LogP contribution in [0.4, 0.5) is 8.78 Å². The van der Waals surface area contributed by atoms with Crippen LogP contribution in [0.5, 0.6) is 0 Å². The number of hydrogen-bond donors (Lipinski definition) is 1. The summed E-state index contributed by atoms with van der Waals surface area (Å²) in [7, 11) is 0. The first-order valence-electron chi connectivity index (χ1n) is 7.88. The lowest BCUT2D eigenvalue weighted by Gasteiger charge is -2.15. The van der Waals surface area contributed by atoms with Crippen molar-refractivity contribution in [1.29, 1.82) is 0 Å². The maximum Gasteiger partial charge on any atom is 0.333 e. The molecule has 1 atom stereocenters. The van der Waals surface area contributed by atoms with Gasteiger partial charge in [0.05, 0.1) is 6.61 Å². The normalized spacial score (nSPS) is 17.7. The molecule has 0 saturated carbocycles. The number of nitrogens with zero attached hydrogens (tertiary/aromatic N) is 3. The third kappa shape index (κ3) is 3.62. The number of aromatic nitrogens is 2. The quantitative estimate of drug-likeness (QED) is 0.913. The molecule has 1 aromatic carbocycles. The van der Waals surface area contributed by atoms with Gasteiger partial charge in [-0.05, 0) is 36.0 Å². The number of rotatable bonds is 5. The number of halogens is 2. The summed E-state index contributed by atoms with van der Waals surface area (Å²) >= 11 is 0. The number of amides is 1. The zero-order chi connectivity index (χ0) is 17.1. The SMILES string of the molecule is O=C(c1ccn(C(F)F)n1)N1CCC(Cc2ccc(CO)cc2)C1. The first-order valence-corrected chi connectivity index (χ1v) is 7.88. The molecule has 7 heteroatoms. The molecule has 1 N–H and O–H groups in total. The van der Waals surface area contributed by atoms with E-state index in [1.165, 1.54) is 6.07 Å². The fourth-order valence-corrected chi connectivity index (χ4v) is 3.02. The molecule has 1 fully saturated rings. The molecule has 128 valence electrons. The molecule has 1 amide bonds. The summed E-state index contributed by atoms with van der Waals surface area (Å²) in [5.74, 6) is 0.0404. The third-order valence-corrected chi connectivity index (χ3v) is 4.33. The molecule has 1 unspecified atom stereocenters. The Morgan fingerprint density at radius 3 is 2.58 bits per heavy atom. The Kier molecular flexibility index (Phi) is 4.89. The summed E-state index contributed by atoms with van der Waals surface area (Å²) in [5, 5.41) is 12.7. The fourth-order valence-electron chi connectivity index (χ4n) is 3.02. The van der Waals surface area contributed by atoms with Crippen LogP contribution in [-0.2, 0) is 13.0 Å². The Balaban J connectivity index is 1.58. The van der Waals surface area contributed by atoms with Gasteiger partial charge in [0.1, 0.15) is 0 Å². The standard InChI is InChI=1S/C17H19F2N3O2/c18-17(19)22-8-6-15(20-22)16(24)21-7-5-14(10-21)9-12-1-3-13(11-23)4-2-12/h1-4,6,8,14,17,23H,5,7,9-11H2. The Labute approximate surface area is 138 Å². The fraction of sp³-hybridized carbons (Fsp3) is 0.412. The molecular weight excluding hydrogens is 316 g/mol. The van der Waals surface area contributed by atoms with E-state index in [2.05, 4.69) is 5.10 Å². The van der Waals surface area contributed by atoms with Crippen LogP contribution in [0.25, 0.3) is 0 Å². The lowest BCUT2D eigenvalue weighted by atomic mass is 9.98. The highest BCUT2D eigenvalue weighted by Crippen LogP contribution is 2.23. The minimum atomic E-state index is -2.74. The lowest BCUT2D eigenvalue weighted by Crippen LogP contribution is -2.29. The van der Waals surface area contributed by atoms with Gasteiger partial charge in [-0.15, -0.1) is 0 Å². The molecule has 0 spiro atoms. The number of aliphatic hydroxyl groups excluding tert-OH is 1. The van der Waals surface area contributed by atoms with Crippen molar-refractivity contribution in [1.82, 2.24) is 14.7 Å².